The number of rotatable bonds is 8. The Morgan fingerprint density at radius 3 is 2.29 bits per heavy atom. The van der Waals surface area contributed by atoms with Crippen molar-refractivity contribution in [2.75, 3.05) is 27.2 Å². The molecule has 9 unspecified atom stereocenters. The number of benzene rings is 1. The molecule has 9 atom stereocenters. The number of carbonyl (C=O) groups is 1. The number of hydrogen-bond acceptors (Lipinski definition) is 3. The fourth-order valence-corrected chi connectivity index (χ4v) is 13.1. The van der Waals surface area contributed by atoms with Crippen LogP contribution in [0.2, 0.25) is 0 Å². The van der Waals surface area contributed by atoms with Gasteiger partial charge in [-0.25, -0.2) is 4.79 Å². The van der Waals surface area contributed by atoms with E-state index in [0.29, 0.717) is 34.1 Å². The summed E-state index contributed by atoms with van der Waals surface area (Å²) >= 11 is 0. The number of carboxylic acids is 1. The lowest BCUT2D eigenvalue weighted by Gasteiger charge is -2.72. The number of fused-ring (bicyclic) bond motifs is 7. The van der Waals surface area contributed by atoms with Crippen molar-refractivity contribution >= 4 is 11.5 Å². The smallest absolute Gasteiger partial charge is 0.335 e. The SMILES string of the molecule is C=C(C)C1CCC2(NCCCN(C)C)CCC3(C)C(CCC4C5(C)CC=C(c6ccc(C(=O)O)cc6)C(C)(C)C5CCC43C)C12. The second-order valence-electron chi connectivity index (χ2n) is 17.9. The molecule has 0 spiro atoms. The predicted molar refractivity (Wildman–Crippen MR) is 187 cm³/mol. The molecular formula is C41H62N2O2. The zero-order chi connectivity index (χ0) is 32.6. The summed E-state index contributed by atoms with van der Waals surface area (Å²) in [7, 11) is 4.38. The third kappa shape index (κ3) is 4.93. The molecule has 5 aliphatic carbocycles. The molecule has 0 amide bonds. The van der Waals surface area contributed by atoms with Gasteiger partial charge < -0.3 is 15.3 Å². The van der Waals surface area contributed by atoms with Crippen molar-refractivity contribution in [2.24, 2.45) is 51.2 Å². The van der Waals surface area contributed by atoms with Gasteiger partial charge >= 0.3 is 5.97 Å². The predicted octanol–water partition coefficient (Wildman–Crippen LogP) is 9.33. The van der Waals surface area contributed by atoms with Crippen molar-refractivity contribution in [3.63, 3.8) is 0 Å². The maximum absolute atomic E-state index is 11.5. The summed E-state index contributed by atoms with van der Waals surface area (Å²) in [5, 5.41) is 13.7. The minimum absolute atomic E-state index is 0.0471. The normalized spacial score (nSPS) is 41.8. The Labute approximate surface area is 274 Å². The van der Waals surface area contributed by atoms with Gasteiger partial charge in [-0.2, -0.15) is 0 Å². The average molecular weight is 615 g/mol. The fourth-order valence-electron chi connectivity index (χ4n) is 13.1. The van der Waals surface area contributed by atoms with Gasteiger partial charge in [-0.1, -0.05) is 65.0 Å². The lowest BCUT2D eigenvalue weighted by Crippen LogP contribution is -2.68. The van der Waals surface area contributed by atoms with Crippen molar-refractivity contribution in [1.82, 2.24) is 10.2 Å². The molecule has 4 heteroatoms. The lowest BCUT2D eigenvalue weighted by atomic mass is 9.33. The zero-order valence-corrected chi connectivity index (χ0v) is 29.8. The van der Waals surface area contributed by atoms with Crippen LogP contribution in [0.5, 0.6) is 0 Å². The summed E-state index contributed by atoms with van der Waals surface area (Å²) in [5.74, 6) is 2.61. The summed E-state index contributed by atoms with van der Waals surface area (Å²) in [6.07, 6.45) is 15.5. The standard InChI is InChI=1S/C41H62N2O2/c1-27(2)30-17-22-41(42-25-10-26-43(8)9)24-23-39(6)32(35(30)41)15-16-34-38(5)20-18-31(28-11-13-29(14-12-28)36(44)45)37(3,4)33(38)19-21-40(34,39)7/h11-14,18,30,32-35,42H,1,10,15-17,19-26H2,2-9H3,(H,44,45). The van der Waals surface area contributed by atoms with Crippen molar-refractivity contribution in [2.45, 2.75) is 111 Å². The molecule has 4 fully saturated rings. The minimum atomic E-state index is -0.853. The second kappa shape index (κ2) is 11.4. The Morgan fingerprint density at radius 2 is 1.64 bits per heavy atom. The van der Waals surface area contributed by atoms with Crippen LogP contribution in [-0.2, 0) is 0 Å². The van der Waals surface area contributed by atoms with Gasteiger partial charge in [0, 0.05) is 5.54 Å². The third-order valence-electron chi connectivity index (χ3n) is 15.3. The molecule has 45 heavy (non-hydrogen) atoms. The maximum atomic E-state index is 11.5. The highest BCUT2D eigenvalue weighted by molar-refractivity contribution is 5.88. The first kappa shape index (κ1) is 33.0. The first-order valence-electron chi connectivity index (χ1n) is 18.2. The van der Waals surface area contributed by atoms with Gasteiger partial charge in [-0.05, 0) is 173 Å². The Morgan fingerprint density at radius 1 is 0.933 bits per heavy atom. The Balaban J connectivity index is 1.31. The third-order valence-corrected chi connectivity index (χ3v) is 15.3. The van der Waals surface area contributed by atoms with Crippen molar-refractivity contribution in [3.05, 3.63) is 53.6 Å². The first-order chi connectivity index (χ1) is 21.1. The molecule has 4 nitrogen and oxygen atoms in total. The summed E-state index contributed by atoms with van der Waals surface area (Å²) in [6.45, 7) is 22.3. The zero-order valence-electron chi connectivity index (χ0n) is 29.8. The van der Waals surface area contributed by atoms with Crippen LogP contribution in [0.15, 0.2) is 42.5 Å². The molecular weight excluding hydrogens is 552 g/mol. The number of hydrogen-bond donors (Lipinski definition) is 2. The van der Waals surface area contributed by atoms with E-state index in [1.165, 1.54) is 74.5 Å². The average Bonchev–Trinajstić information content (AvgIpc) is 3.36. The minimum Gasteiger partial charge on any atom is -0.478 e. The molecule has 5 aliphatic rings. The first-order valence-corrected chi connectivity index (χ1v) is 18.2. The molecule has 6 rings (SSSR count). The molecule has 0 radical (unpaired) electrons. The van der Waals surface area contributed by atoms with E-state index in [1.54, 1.807) is 12.1 Å². The number of allylic oxidation sites excluding steroid dienone is 3. The molecule has 0 aromatic heterocycles. The van der Waals surface area contributed by atoms with Crippen LogP contribution < -0.4 is 5.32 Å². The van der Waals surface area contributed by atoms with Crippen LogP contribution >= 0.6 is 0 Å². The topological polar surface area (TPSA) is 52.6 Å². The summed E-state index contributed by atoms with van der Waals surface area (Å²) < 4.78 is 0. The molecule has 2 N–H and O–H groups in total. The number of aromatic carboxylic acids is 1. The van der Waals surface area contributed by atoms with Crippen LogP contribution in [0.3, 0.4) is 0 Å². The van der Waals surface area contributed by atoms with E-state index in [9.17, 15) is 9.90 Å². The second-order valence-corrected chi connectivity index (χ2v) is 17.9. The highest BCUT2D eigenvalue weighted by Crippen LogP contribution is 2.76. The van der Waals surface area contributed by atoms with E-state index in [-0.39, 0.29) is 16.4 Å². The summed E-state index contributed by atoms with van der Waals surface area (Å²) in [4.78, 5) is 13.8. The van der Waals surface area contributed by atoms with Gasteiger partial charge in [0.05, 0.1) is 5.56 Å². The monoisotopic (exact) mass is 614 g/mol. The number of nitrogens with zero attached hydrogens (tertiary/aromatic N) is 1. The Kier molecular flexibility index (Phi) is 8.33. The van der Waals surface area contributed by atoms with Gasteiger partial charge in [0.2, 0.25) is 0 Å². The molecule has 0 bridgehead atoms. The fraction of sp³-hybridized carbons (Fsp3) is 0.732. The van der Waals surface area contributed by atoms with E-state index < -0.39 is 5.97 Å². The highest BCUT2D eigenvalue weighted by Gasteiger charge is 2.70. The highest BCUT2D eigenvalue weighted by atomic mass is 16.4. The van der Waals surface area contributed by atoms with Crippen LogP contribution in [0.25, 0.3) is 5.57 Å². The molecule has 1 aromatic carbocycles. The van der Waals surface area contributed by atoms with Crippen molar-refractivity contribution in [1.29, 1.82) is 0 Å². The van der Waals surface area contributed by atoms with E-state index in [1.807, 2.05) is 12.1 Å². The van der Waals surface area contributed by atoms with Gasteiger partial charge in [-0.15, -0.1) is 0 Å². The van der Waals surface area contributed by atoms with Gasteiger partial charge in [0.25, 0.3) is 0 Å². The van der Waals surface area contributed by atoms with E-state index in [2.05, 4.69) is 78.5 Å². The van der Waals surface area contributed by atoms with Gasteiger partial charge in [-0.3, -0.25) is 0 Å². The molecule has 0 heterocycles. The Hall–Kier alpha value is -1.91. The van der Waals surface area contributed by atoms with Crippen LogP contribution in [0.1, 0.15) is 122 Å². The Bertz CT molecular complexity index is 1340. The van der Waals surface area contributed by atoms with E-state index in [0.717, 1.165) is 31.3 Å². The molecule has 1 aromatic rings. The molecule has 248 valence electrons. The summed E-state index contributed by atoms with van der Waals surface area (Å²) in [6, 6.07) is 7.65. The lowest BCUT2D eigenvalue weighted by molar-refractivity contribution is -0.219. The van der Waals surface area contributed by atoms with Gasteiger partial charge in [0.1, 0.15) is 0 Å². The van der Waals surface area contributed by atoms with Crippen LogP contribution in [0.4, 0.5) is 0 Å². The maximum Gasteiger partial charge on any atom is 0.335 e. The molecule has 4 saturated carbocycles. The van der Waals surface area contributed by atoms with Crippen molar-refractivity contribution < 1.29 is 9.90 Å². The van der Waals surface area contributed by atoms with Crippen LogP contribution in [0, 0.1) is 51.2 Å². The molecule has 0 aliphatic heterocycles. The van der Waals surface area contributed by atoms with Gasteiger partial charge in [0.15, 0.2) is 0 Å². The van der Waals surface area contributed by atoms with E-state index in [4.69, 9.17) is 0 Å². The molecule has 0 saturated heterocycles. The summed E-state index contributed by atoms with van der Waals surface area (Å²) in [5.41, 5.74) is 5.70. The number of carboxylic acid groups (broad SMARTS) is 1. The van der Waals surface area contributed by atoms with Crippen LogP contribution in [-0.4, -0.2) is 48.7 Å². The quantitative estimate of drug-likeness (QED) is 0.226. The van der Waals surface area contributed by atoms with Crippen molar-refractivity contribution in [3.8, 4) is 0 Å². The van der Waals surface area contributed by atoms with E-state index >= 15 is 0 Å². The largest absolute Gasteiger partial charge is 0.478 e. The number of nitrogens with one attached hydrogen (secondary N) is 1.